The molecule has 1 aliphatic rings. The van der Waals surface area contributed by atoms with Gasteiger partial charge in [-0.15, -0.1) is 0 Å². The molecule has 0 saturated heterocycles. The summed E-state index contributed by atoms with van der Waals surface area (Å²) in [4.78, 5) is 38.0. The predicted molar refractivity (Wildman–Crippen MR) is 109 cm³/mol. The van der Waals surface area contributed by atoms with Crippen molar-refractivity contribution < 1.29 is 29.0 Å². The maximum absolute atomic E-state index is 12.9. The number of carbonyl (C=O) groups excluding carboxylic acids is 2. The standard InChI is InChI=1S/C22H24N2O6/c1-29-17-10-11-18-16(12-17)8-5-9-19(21(26)27)24(18)20(25)13-23-22(28)30-14-15-6-3-2-4-7-15/h2-4,6-7,10-12,19H,5,8-9,13-14H2,1H3,(H,23,28)(H,26,27). The van der Waals surface area contributed by atoms with E-state index in [1.54, 1.807) is 25.3 Å². The quantitative estimate of drug-likeness (QED) is 0.756. The van der Waals surface area contributed by atoms with Crippen LogP contribution in [0.15, 0.2) is 48.5 Å². The van der Waals surface area contributed by atoms with Gasteiger partial charge in [0.1, 0.15) is 24.9 Å². The smallest absolute Gasteiger partial charge is 0.407 e. The van der Waals surface area contributed by atoms with Crippen molar-refractivity contribution in [2.24, 2.45) is 0 Å². The maximum atomic E-state index is 12.9. The predicted octanol–water partition coefficient (Wildman–Crippen LogP) is 2.74. The van der Waals surface area contributed by atoms with E-state index in [0.717, 1.165) is 11.1 Å². The zero-order chi connectivity index (χ0) is 21.5. The Morgan fingerprint density at radius 1 is 1.17 bits per heavy atom. The van der Waals surface area contributed by atoms with E-state index in [-0.39, 0.29) is 13.2 Å². The summed E-state index contributed by atoms with van der Waals surface area (Å²) in [5.41, 5.74) is 2.17. The second-order valence-electron chi connectivity index (χ2n) is 6.92. The minimum Gasteiger partial charge on any atom is -0.497 e. The van der Waals surface area contributed by atoms with Gasteiger partial charge in [0.2, 0.25) is 5.91 Å². The topological polar surface area (TPSA) is 105 Å². The average molecular weight is 412 g/mol. The fraction of sp³-hybridized carbons (Fsp3) is 0.318. The van der Waals surface area contributed by atoms with Crippen molar-refractivity contribution in [1.82, 2.24) is 5.32 Å². The molecular formula is C22H24N2O6. The summed E-state index contributed by atoms with van der Waals surface area (Å²) in [5.74, 6) is -0.969. The number of amides is 2. The van der Waals surface area contributed by atoms with Crippen LogP contribution in [-0.2, 0) is 27.4 Å². The molecule has 8 nitrogen and oxygen atoms in total. The van der Waals surface area contributed by atoms with Gasteiger partial charge in [-0.3, -0.25) is 9.69 Å². The van der Waals surface area contributed by atoms with E-state index in [1.807, 2.05) is 30.3 Å². The first-order valence-corrected chi connectivity index (χ1v) is 9.66. The molecule has 1 heterocycles. The Labute approximate surface area is 174 Å². The lowest BCUT2D eigenvalue weighted by atomic mass is 10.1. The zero-order valence-electron chi connectivity index (χ0n) is 16.7. The third kappa shape index (κ3) is 5.08. The number of benzene rings is 2. The van der Waals surface area contributed by atoms with Crippen LogP contribution in [0.4, 0.5) is 10.5 Å². The summed E-state index contributed by atoms with van der Waals surface area (Å²) in [5, 5.41) is 12.1. The summed E-state index contributed by atoms with van der Waals surface area (Å²) in [6.07, 6.45) is 0.820. The minimum absolute atomic E-state index is 0.0744. The number of carbonyl (C=O) groups is 3. The SMILES string of the molecule is COc1ccc2c(c1)CCCC(C(=O)O)N2C(=O)CNC(=O)OCc1ccccc1. The lowest BCUT2D eigenvalue weighted by Gasteiger charge is -2.28. The lowest BCUT2D eigenvalue weighted by Crippen LogP contribution is -2.49. The molecule has 0 spiro atoms. The van der Waals surface area contributed by atoms with Crippen LogP contribution in [0.1, 0.15) is 24.0 Å². The molecule has 1 atom stereocenters. The first kappa shape index (κ1) is 21.2. The Morgan fingerprint density at radius 2 is 1.93 bits per heavy atom. The average Bonchev–Trinajstić information content (AvgIpc) is 2.95. The third-order valence-electron chi connectivity index (χ3n) is 4.93. The molecule has 2 aromatic carbocycles. The number of alkyl carbamates (subject to hydrolysis) is 1. The summed E-state index contributed by atoms with van der Waals surface area (Å²) < 4.78 is 10.4. The molecule has 1 aliphatic heterocycles. The van der Waals surface area contributed by atoms with E-state index in [4.69, 9.17) is 9.47 Å². The van der Waals surface area contributed by atoms with E-state index in [1.165, 1.54) is 4.90 Å². The Kier molecular flexibility index (Phi) is 6.90. The molecule has 2 aromatic rings. The second kappa shape index (κ2) is 9.78. The number of carboxylic acids is 1. The highest BCUT2D eigenvalue weighted by Gasteiger charge is 2.34. The zero-order valence-corrected chi connectivity index (χ0v) is 16.7. The number of rotatable bonds is 6. The monoisotopic (exact) mass is 412 g/mol. The van der Waals surface area contributed by atoms with Crippen molar-refractivity contribution in [3.05, 3.63) is 59.7 Å². The number of carboxylic acid groups (broad SMARTS) is 1. The Balaban J connectivity index is 1.70. The number of nitrogens with one attached hydrogen (secondary N) is 1. The number of hydrogen-bond acceptors (Lipinski definition) is 5. The molecule has 1 unspecified atom stereocenters. The van der Waals surface area contributed by atoms with E-state index >= 15 is 0 Å². The van der Waals surface area contributed by atoms with Crippen molar-refractivity contribution in [1.29, 1.82) is 0 Å². The fourth-order valence-electron chi connectivity index (χ4n) is 3.46. The molecule has 2 N–H and O–H groups in total. The van der Waals surface area contributed by atoms with Crippen LogP contribution in [0.3, 0.4) is 0 Å². The summed E-state index contributed by atoms with van der Waals surface area (Å²) in [7, 11) is 1.55. The van der Waals surface area contributed by atoms with Crippen molar-refractivity contribution in [3.8, 4) is 5.75 Å². The number of aryl methyl sites for hydroxylation is 1. The van der Waals surface area contributed by atoms with E-state index in [0.29, 0.717) is 30.7 Å². The highest BCUT2D eigenvalue weighted by atomic mass is 16.5. The van der Waals surface area contributed by atoms with Crippen LogP contribution < -0.4 is 15.0 Å². The summed E-state index contributed by atoms with van der Waals surface area (Å²) >= 11 is 0. The van der Waals surface area contributed by atoms with Crippen molar-refractivity contribution in [2.75, 3.05) is 18.6 Å². The normalized spacial score (nSPS) is 15.5. The largest absolute Gasteiger partial charge is 0.497 e. The Bertz CT molecular complexity index is 915. The van der Waals surface area contributed by atoms with Crippen LogP contribution in [-0.4, -0.2) is 42.8 Å². The molecule has 0 aliphatic carbocycles. The first-order chi connectivity index (χ1) is 14.5. The summed E-state index contributed by atoms with van der Waals surface area (Å²) in [6, 6.07) is 13.3. The molecule has 0 fully saturated rings. The molecule has 2 amide bonds. The van der Waals surface area contributed by atoms with Gasteiger partial charge in [0.25, 0.3) is 0 Å². The van der Waals surface area contributed by atoms with Gasteiger partial charge in [0, 0.05) is 5.69 Å². The number of anilines is 1. The van der Waals surface area contributed by atoms with E-state index in [2.05, 4.69) is 5.32 Å². The molecule has 0 saturated carbocycles. The van der Waals surface area contributed by atoms with Crippen molar-refractivity contribution in [2.45, 2.75) is 31.9 Å². The molecule has 158 valence electrons. The number of hydrogen-bond donors (Lipinski definition) is 2. The second-order valence-corrected chi connectivity index (χ2v) is 6.92. The molecule has 30 heavy (non-hydrogen) atoms. The van der Waals surface area contributed by atoms with E-state index in [9.17, 15) is 19.5 Å². The van der Waals surface area contributed by atoms with Crippen LogP contribution in [0.25, 0.3) is 0 Å². The van der Waals surface area contributed by atoms with Crippen LogP contribution >= 0.6 is 0 Å². The minimum atomic E-state index is -1.08. The summed E-state index contributed by atoms with van der Waals surface area (Å²) in [6.45, 7) is -0.298. The van der Waals surface area contributed by atoms with Crippen molar-refractivity contribution >= 4 is 23.7 Å². The van der Waals surface area contributed by atoms with Gasteiger partial charge in [-0.2, -0.15) is 0 Å². The molecular weight excluding hydrogens is 388 g/mol. The molecule has 0 bridgehead atoms. The van der Waals surface area contributed by atoms with Gasteiger partial charge >= 0.3 is 12.1 Å². The molecule has 0 radical (unpaired) electrons. The Hall–Kier alpha value is -3.55. The lowest BCUT2D eigenvalue weighted by molar-refractivity contribution is -0.140. The third-order valence-corrected chi connectivity index (χ3v) is 4.93. The molecule has 0 aromatic heterocycles. The number of aliphatic carboxylic acids is 1. The first-order valence-electron chi connectivity index (χ1n) is 9.66. The fourth-order valence-corrected chi connectivity index (χ4v) is 3.46. The maximum Gasteiger partial charge on any atom is 0.407 e. The van der Waals surface area contributed by atoms with Gasteiger partial charge in [-0.1, -0.05) is 30.3 Å². The van der Waals surface area contributed by atoms with E-state index < -0.39 is 24.0 Å². The highest BCUT2D eigenvalue weighted by molar-refractivity contribution is 6.02. The molecule has 8 heteroatoms. The van der Waals surface area contributed by atoms with Gasteiger partial charge in [-0.25, -0.2) is 9.59 Å². The van der Waals surface area contributed by atoms with Crippen LogP contribution in [0.5, 0.6) is 5.75 Å². The number of ether oxygens (including phenoxy) is 2. The van der Waals surface area contributed by atoms with Gasteiger partial charge in [0.15, 0.2) is 0 Å². The van der Waals surface area contributed by atoms with Crippen molar-refractivity contribution in [3.63, 3.8) is 0 Å². The Morgan fingerprint density at radius 3 is 2.63 bits per heavy atom. The molecule has 3 rings (SSSR count). The number of methoxy groups -OCH3 is 1. The number of fused-ring (bicyclic) bond motifs is 1. The van der Waals surface area contributed by atoms with Crippen LogP contribution in [0, 0.1) is 0 Å². The van der Waals surface area contributed by atoms with Crippen LogP contribution in [0.2, 0.25) is 0 Å². The van der Waals surface area contributed by atoms with Gasteiger partial charge in [-0.05, 0) is 48.6 Å². The highest BCUT2D eigenvalue weighted by Crippen LogP contribution is 2.32. The van der Waals surface area contributed by atoms with Gasteiger partial charge < -0.3 is 19.9 Å². The van der Waals surface area contributed by atoms with Gasteiger partial charge in [0.05, 0.1) is 7.11 Å². The number of nitrogens with zero attached hydrogens (tertiary/aromatic N) is 1.